The minimum Gasteiger partial charge on any atom is -0.374 e. The Balaban J connectivity index is 1.79. The van der Waals surface area contributed by atoms with Crippen LogP contribution in [0.4, 0.5) is 10.3 Å². The quantitative estimate of drug-likeness (QED) is 0.841. The summed E-state index contributed by atoms with van der Waals surface area (Å²) in [5.41, 5.74) is 0. The molecule has 17 heavy (non-hydrogen) atoms. The van der Waals surface area contributed by atoms with Gasteiger partial charge in [0.2, 0.25) is 5.95 Å². The molecular weight excluding hydrogens is 223 g/mol. The van der Waals surface area contributed by atoms with E-state index < -0.39 is 5.82 Å². The normalized spacial score (nSPS) is 21.4. The lowest BCUT2D eigenvalue weighted by atomic mass is 10.2. The number of nitrogens with zero attached hydrogens (tertiary/aromatic N) is 3. The molecule has 1 aromatic heterocycles. The van der Waals surface area contributed by atoms with Crippen LogP contribution in [0.25, 0.3) is 0 Å². The highest BCUT2D eigenvalue weighted by Gasteiger charge is 2.18. The van der Waals surface area contributed by atoms with E-state index >= 15 is 0 Å². The molecule has 1 atom stereocenters. The number of likely N-dealkylation sites (N-methyl/N-ethyl adjacent to an activating group) is 1. The lowest BCUT2D eigenvalue weighted by molar-refractivity contribution is -0.0192. The number of hydrogen-bond acceptors (Lipinski definition) is 5. The van der Waals surface area contributed by atoms with Crippen molar-refractivity contribution in [2.24, 2.45) is 0 Å². The molecule has 1 fully saturated rings. The molecule has 0 saturated carbocycles. The summed E-state index contributed by atoms with van der Waals surface area (Å²) < 4.78 is 18.2. The van der Waals surface area contributed by atoms with Crippen molar-refractivity contribution in [3.63, 3.8) is 0 Å². The van der Waals surface area contributed by atoms with Gasteiger partial charge in [0.25, 0.3) is 0 Å². The zero-order valence-electron chi connectivity index (χ0n) is 9.90. The van der Waals surface area contributed by atoms with Crippen LogP contribution in [-0.4, -0.2) is 53.8 Å². The van der Waals surface area contributed by atoms with Crippen molar-refractivity contribution in [1.29, 1.82) is 0 Å². The maximum absolute atomic E-state index is 12.6. The van der Waals surface area contributed by atoms with Gasteiger partial charge in [-0.05, 0) is 6.54 Å². The fraction of sp³-hybridized carbons (Fsp3) is 0.636. The number of aromatic nitrogens is 2. The number of rotatable bonds is 4. The Kier molecular flexibility index (Phi) is 4.22. The van der Waals surface area contributed by atoms with Gasteiger partial charge in [0.1, 0.15) is 0 Å². The molecule has 0 amide bonds. The summed E-state index contributed by atoms with van der Waals surface area (Å²) >= 11 is 0. The summed E-state index contributed by atoms with van der Waals surface area (Å²) in [5.74, 6) is 0.00486. The first-order chi connectivity index (χ1) is 8.28. The molecule has 1 aliphatic heterocycles. The van der Waals surface area contributed by atoms with E-state index in [1.165, 1.54) is 0 Å². The van der Waals surface area contributed by atoms with Crippen LogP contribution in [0.5, 0.6) is 0 Å². The molecule has 2 heterocycles. The molecule has 0 spiro atoms. The summed E-state index contributed by atoms with van der Waals surface area (Å²) in [6, 6.07) is 0. The van der Waals surface area contributed by atoms with Gasteiger partial charge in [-0.1, -0.05) is 6.92 Å². The first-order valence-electron chi connectivity index (χ1n) is 5.83. The Morgan fingerprint density at radius 1 is 1.53 bits per heavy atom. The molecule has 6 heteroatoms. The highest BCUT2D eigenvalue weighted by atomic mass is 19.1. The molecule has 5 nitrogen and oxygen atoms in total. The van der Waals surface area contributed by atoms with Crippen LogP contribution in [0.1, 0.15) is 6.92 Å². The standard InChI is InChI=1S/C11H17FN4O/c1-2-16-3-4-17-10(8-16)7-15-11-13-5-9(12)6-14-11/h5-6,10H,2-4,7-8H2,1H3,(H,13,14,15). The molecule has 1 N–H and O–H groups in total. The number of nitrogens with one attached hydrogen (secondary N) is 1. The molecule has 0 bridgehead atoms. The van der Waals surface area contributed by atoms with Crippen LogP contribution in [0.2, 0.25) is 0 Å². The van der Waals surface area contributed by atoms with Crippen LogP contribution in [0.15, 0.2) is 12.4 Å². The van der Waals surface area contributed by atoms with Crippen LogP contribution in [0.3, 0.4) is 0 Å². The van der Waals surface area contributed by atoms with Gasteiger partial charge in [-0.2, -0.15) is 0 Å². The zero-order chi connectivity index (χ0) is 12.1. The fourth-order valence-corrected chi connectivity index (χ4v) is 1.80. The van der Waals surface area contributed by atoms with Crippen molar-refractivity contribution >= 4 is 5.95 Å². The molecule has 0 aromatic carbocycles. The van der Waals surface area contributed by atoms with Crippen molar-refractivity contribution in [3.8, 4) is 0 Å². The maximum atomic E-state index is 12.6. The summed E-state index contributed by atoms with van der Waals surface area (Å²) in [6.07, 6.45) is 2.43. The van der Waals surface area contributed by atoms with E-state index in [0.29, 0.717) is 12.5 Å². The minimum absolute atomic E-state index is 0.136. The minimum atomic E-state index is -0.429. The van der Waals surface area contributed by atoms with Gasteiger partial charge in [0.15, 0.2) is 5.82 Å². The number of halogens is 1. The van der Waals surface area contributed by atoms with Crippen LogP contribution < -0.4 is 5.32 Å². The van der Waals surface area contributed by atoms with Crippen molar-refractivity contribution in [1.82, 2.24) is 14.9 Å². The summed E-state index contributed by atoms with van der Waals surface area (Å²) in [5, 5.41) is 3.05. The van der Waals surface area contributed by atoms with Crippen LogP contribution >= 0.6 is 0 Å². The second-order valence-corrected chi connectivity index (χ2v) is 3.99. The summed E-state index contributed by atoms with van der Waals surface area (Å²) in [7, 11) is 0. The number of ether oxygens (including phenoxy) is 1. The summed E-state index contributed by atoms with van der Waals surface area (Å²) in [6.45, 7) is 6.46. The Morgan fingerprint density at radius 3 is 3.00 bits per heavy atom. The average molecular weight is 240 g/mol. The molecule has 0 radical (unpaired) electrons. The molecule has 94 valence electrons. The van der Waals surface area contributed by atoms with Crippen molar-refractivity contribution in [2.75, 3.05) is 38.1 Å². The van der Waals surface area contributed by atoms with Gasteiger partial charge in [0.05, 0.1) is 25.1 Å². The third kappa shape index (κ3) is 3.61. The highest BCUT2D eigenvalue weighted by Crippen LogP contribution is 2.06. The molecule has 1 saturated heterocycles. The van der Waals surface area contributed by atoms with Gasteiger partial charge < -0.3 is 10.1 Å². The number of morpholine rings is 1. The van der Waals surface area contributed by atoms with Crippen molar-refractivity contribution in [2.45, 2.75) is 13.0 Å². The molecule has 1 aliphatic rings. The van der Waals surface area contributed by atoms with Gasteiger partial charge in [-0.25, -0.2) is 14.4 Å². The molecule has 1 unspecified atom stereocenters. The van der Waals surface area contributed by atoms with E-state index in [1.54, 1.807) is 0 Å². The smallest absolute Gasteiger partial charge is 0.222 e. The summed E-state index contributed by atoms with van der Waals surface area (Å²) in [4.78, 5) is 10.0. The number of anilines is 1. The van der Waals surface area contributed by atoms with Gasteiger partial charge in [-0.3, -0.25) is 4.90 Å². The maximum Gasteiger partial charge on any atom is 0.222 e. The first-order valence-corrected chi connectivity index (χ1v) is 5.83. The van der Waals surface area contributed by atoms with Gasteiger partial charge in [0, 0.05) is 19.6 Å². The van der Waals surface area contributed by atoms with E-state index in [0.717, 1.165) is 38.6 Å². The predicted molar refractivity (Wildman–Crippen MR) is 62.3 cm³/mol. The third-order valence-electron chi connectivity index (χ3n) is 2.78. The van der Waals surface area contributed by atoms with E-state index in [9.17, 15) is 4.39 Å². The molecule has 1 aromatic rings. The molecule has 0 aliphatic carbocycles. The van der Waals surface area contributed by atoms with E-state index in [4.69, 9.17) is 4.74 Å². The SMILES string of the molecule is CCN1CCOC(CNc2ncc(F)cn2)C1. The monoisotopic (exact) mass is 240 g/mol. The Bertz CT molecular complexity index is 346. The Hall–Kier alpha value is -1.27. The largest absolute Gasteiger partial charge is 0.374 e. The second-order valence-electron chi connectivity index (χ2n) is 3.99. The Morgan fingerprint density at radius 2 is 2.29 bits per heavy atom. The highest BCUT2D eigenvalue weighted by molar-refractivity contribution is 5.22. The van der Waals surface area contributed by atoms with Crippen molar-refractivity contribution < 1.29 is 9.13 Å². The predicted octanol–water partition coefficient (Wildman–Crippen LogP) is 0.748. The van der Waals surface area contributed by atoms with Gasteiger partial charge >= 0.3 is 0 Å². The molecule has 2 rings (SSSR count). The topological polar surface area (TPSA) is 50.3 Å². The zero-order valence-corrected chi connectivity index (χ0v) is 9.90. The average Bonchev–Trinajstić information content (AvgIpc) is 2.38. The van der Waals surface area contributed by atoms with Crippen molar-refractivity contribution in [3.05, 3.63) is 18.2 Å². The van der Waals surface area contributed by atoms with E-state index in [2.05, 4.69) is 27.1 Å². The van der Waals surface area contributed by atoms with Crippen LogP contribution in [-0.2, 0) is 4.74 Å². The Labute approximate surface area is 100 Å². The van der Waals surface area contributed by atoms with Gasteiger partial charge in [-0.15, -0.1) is 0 Å². The third-order valence-corrected chi connectivity index (χ3v) is 2.78. The lowest BCUT2D eigenvalue weighted by Gasteiger charge is -2.32. The lowest BCUT2D eigenvalue weighted by Crippen LogP contribution is -2.45. The van der Waals surface area contributed by atoms with E-state index in [-0.39, 0.29) is 6.10 Å². The first kappa shape index (κ1) is 12.2. The number of hydrogen-bond donors (Lipinski definition) is 1. The van der Waals surface area contributed by atoms with E-state index in [1.807, 2.05) is 0 Å². The fourth-order valence-electron chi connectivity index (χ4n) is 1.80. The molecular formula is C11H17FN4O. The second kappa shape index (κ2) is 5.88. The van der Waals surface area contributed by atoms with Crippen LogP contribution in [0, 0.1) is 5.82 Å².